The Hall–Kier alpha value is -4.08. The van der Waals surface area contributed by atoms with Crippen molar-refractivity contribution in [1.82, 2.24) is 18.9 Å². The van der Waals surface area contributed by atoms with Gasteiger partial charge in [0.05, 0.1) is 41.5 Å². The van der Waals surface area contributed by atoms with E-state index in [0.717, 1.165) is 21.3 Å². The van der Waals surface area contributed by atoms with Gasteiger partial charge >= 0.3 is 11.9 Å². The molecule has 0 aliphatic heterocycles. The Bertz CT molecular complexity index is 1450. The molecule has 0 spiro atoms. The standard InChI is InChI=1S/C23H19F3N4O3/c1-14-20(19-11-12-27-30(19)16-7-9-18(33-3)10-8-16)21(31)28(2)22(32)29(14)17-6-4-5-15(13-17)23(24,25)26/h4-13H,1-3H3. The third-order valence-electron chi connectivity index (χ3n) is 5.34. The lowest BCUT2D eigenvalue weighted by molar-refractivity contribution is -0.137. The summed E-state index contributed by atoms with van der Waals surface area (Å²) in [5.74, 6) is 0.637. The molecule has 33 heavy (non-hydrogen) atoms. The van der Waals surface area contributed by atoms with Gasteiger partial charge < -0.3 is 4.74 Å². The van der Waals surface area contributed by atoms with Crippen LogP contribution >= 0.6 is 0 Å². The van der Waals surface area contributed by atoms with Crippen LogP contribution in [0.25, 0.3) is 22.6 Å². The molecule has 7 nitrogen and oxygen atoms in total. The summed E-state index contributed by atoms with van der Waals surface area (Å²) < 4.78 is 48.4. The Balaban J connectivity index is 1.97. The highest BCUT2D eigenvalue weighted by molar-refractivity contribution is 5.64. The van der Waals surface area contributed by atoms with Gasteiger partial charge in [0.15, 0.2) is 0 Å². The average Bonchev–Trinajstić information content (AvgIpc) is 3.27. The number of methoxy groups -OCH3 is 1. The minimum Gasteiger partial charge on any atom is -0.497 e. The van der Waals surface area contributed by atoms with Crippen LogP contribution in [0.2, 0.25) is 0 Å². The molecule has 0 N–H and O–H groups in total. The number of hydrogen-bond acceptors (Lipinski definition) is 4. The molecule has 2 aromatic carbocycles. The van der Waals surface area contributed by atoms with Crippen LogP contribution < -0.4 is 16.0 Å². The lowest BCUT2D eigenvalue weighted by Gasteiger charge is -2.17. The lowest BCUT2D eigenvalue weighted by Crippen LogP contribution is -2.40. The normalized spacial score (nSPS) is 11.6. The molecule has 170 valence electrons. The molecule has 0 fully saturated rings. The Kier molecular flexibility index (Phi) is 5.44. The van der Waals surface area contributed by atoms with Gasteiger partial charge in [0.2, 0.25) is 0 Å². The zero-order valence-corrected chi connectivity index (χ0v) is 17.9. The van der Waals surface area contributed by atoms with Crippen molar-refractivity contribution in [3.8, 4) is 28.4 Å². The summed E-state index contributed by atoms with van der Waals surface area (Å²) in [6.07, 6.45) is -3.08. The maximum absolute atomic E-state index is 13.3. The number of ether oxygens (including phenoxy) is 1. The van der Waals surface area contributed by atoms with E-state index in [4.69, 9.17) is 4.74 Å². The van der Waals surface area contributed by atoms with Gasteiger partial charge in [-0.25, -0.2) is 9.48 Å². The van der Waals surface area contributed by atoms with Gasteiger partial charge in [-0.05, 0) is 55.5 Å². The van der Waals surface area contributed by atoms with Crippen molar-refractivity contribution < 1.29 is 17.9 Å². The molecule has 2 aromatic heterocycles. The van der Waals surface area contributed by atoms with Gasteiger partial charge in [0.1, 0.15) is 5.75 Å². The van der Waals surface area contributed by atoms with Gasteiger partial charge in [-0.1, -0.05) is 6.07 Å². The van der Waals surface area contributed by atoms with E-state index in [1.807, 2.05) is 0 Å². The van der Waals surface area contributed by atoms with Crippen LogP contribution in [0, 0.1) is 6.92 Å². The van der Waals surface area contributed by atoms with E-state index in [9.17, 15) is 22.8 Å². The van der Waals surface area contributed by atoms with E-state index in [1.54, 1.807) is 37.4 Å². The molecule has 0 saturated heterocycles. The Morgan fingerprint density at radius 2 is 1.67 bits per heavy atom. The molecule has 0 atom stereocenters. The summed E-state index contributed by atoms with van der Waals surface area (Å²) in [6.45, 7) is 1.52. The van der Waals surface area contributed by atoms with Crippen LogP contribution in [0.4, 0.5) is 13.2 Å². The number of halogens is 3. The molecular formula is C23H19F3N4O3. The topological polar surface area (TPSA) is 71.0 Å². The average molecular weight is 456 g/mol. The highest BCUT2D eigenvalue weighted by Crippen LogP contribution is 2.31. The molecule has 0 saturated carbocycles. The van der Waals surface area contributed by atoms with Crippen LogP contribution in [0.1, 0.15) is 11.3 Å². The maximum atomic E-state index is 13.3. The fraction of sp³-hybridized carbons (Fsp3) is 0.174. The quantitative estimate of drug-likeness (QED) is 0.469. The summed E-state index contributed by atoms with van der Waals surface area (Å²) in [4.78, 5) is 26.0. The van der Waals surface area contributed by atoms with Gasteiger partial charge in [0.25, 0.3) is 5.56 Å². The van der Waals surface area contributed by atoms with Gasteiger partial charge in [-0.15, -0.1) is 0 Å². The smallest absolute Gasteiger partial charge is 0.416 e. The lowest BCUT2D eigenvalue weighted by atomic mass is 10.1. The summed E-state index contributed by atoms with van der Waals surface area (Å²) >= 11 is 0. The van der Waals surface area contributed by atoms with Crippen LogP contribution in [-0.2, 0) is 13.2 Å². The molecule has 2 heterocycles. The molecule has 4 rings (SSSR count). The molecule has 10 heteroatoms. The number of rotatable bonds is 4. The number of aromatic nitrogens is 4. The zero-order chi connectivity index (χ0) is 23.9. The number of benzene rings is 2. The van der Waals surface area contributed by atoms with Crippen molar-refractivity contribution in [1.29, 1.82) is 0 Å². The molecule has 0 bridgehead atoms. The van der Waals surface area contributed by atoms with Crippen molar-refractivity contribution in [3.05, 3.63) is 92.9 Å². The second kappa shape index (κ2) is 8.12. The van der Waals surface area contributed by atoms with E-state index < -0.39 is 23.0 Å². The second-order valence-corrected chi connectivity index (χ2v) is 7.32. The largest absolute Gasteiger partial charge is 0.497 e. The van der Waals surface area contributed by atoms with E-state index in [2.05, 4.69) is 5.10 Å². The third-order valence-corrected chi connectivity index (χ3v) is 5.34. The second-order valence-electron chi connectivity index (χ2n) is 7.32. The highest BCUT2D eigenvalue weighted by Gasteiger charge is 2.31. The SMILES string of the molecule is COc1ccc(-n2nccc2-c2c(C)n(-c3cccc(C(F)(F)F)c3)c(=O)n(C)c2=O)cc1. The predicted octanol–water partition coefficient (Wildman–Crippen LogP) is 3.72. The van der Waals surface area contributed by atoms with Crippen LogP contribution in [0.5, 0.6) is 5.75 Å². The van der Waals surface area contributed by atoms with Gasteiger partial charge in [-0.2, -0.15) is 18.3 Å². The predicted molar refractivity (Wildman–Crippen MR) is 116 cm³/mol. The molecule has 0 unspecified atom stereocenters. The summed E-state index contributed by atoms with van der Waals surface area (Å²) in [5, 5.41) is 4.29. The summed E-state index contributed by atoms with van der Waals surface area (Å²) in [7, 11) is 2.82. The molecule has 4 aromatic rings. The molecule has 0 radical (unpaired) electrons. The Morgan fingerprint density at radius 3 is 2.30 bits per heavy atom. The van der Waals surface area contributed by atoms with E-state index in [-0.39, 0.29) is 16.9 Å². The molecule has 0 aliphatic rings. The van der Waals surface area contributed by atoms with E-state index >= 15 is 0 Å². The number of nitrogens with zero attached hydrogens (tertiary/aromatic N) is 4. The van der Waals surface area contributed by atoms with Crippen molar-refractivity contribution in [2.45, 2.75) is 13.1 Å². The zero-order valence-electron chi connectivity index (χ0n) is 17.9. The summed E-state index contributed by atoms with van der Waals surface area (Å²) in [5.41, 5.74) is -0.884. The van der Waals surface area contributed by atoms with Gasteiger partial charge in [-0.3, -0.25) is 13.9 Å². The van der Waals surface area contributed by atoms with Crippen molar-refractivity contribution in [3.63, 3.8) is 0 Å². The van der Waals surface area contributed by atoms with Crippen LogP contribution in [0.15, 0.2) is 70.4 Å². The molecular weight excluding hydrogens is 437 g/mol. The third kappa shape index (κ3) is 3.84. The Morgan fingerprint density at radius 1 is 0.970 bits per heavy atom. The minimum absolute atomic E-state index is 0.000289. The maximum Gasteiger partial charge on any atom is 0.416 e. The van der Waals surface area contributed by atoms with Gasteiger partial charge in [0, 0.05) is 12.7 Å². The first kappa shape index (κ1) is 22.1. The first-order chi connectivity index (χ1) is 15.6. The monoisotopic (exact) mass is 456 g/mol. The first-order valence-corrected chi connectivity index (χ1v) is 9.82. The van der Waals surface area contributed by atoms with Crippen LogP contribution in [0.3, 0.4) is 0 Å². The van der Waals surface area contributed by atoms with E-state index in [0.29, 0.717) is 17.1 Å². The van der Waals surface area contributed by atoms with Crippen LogP contribution in [-0.4, -0.2) is 26.0 Å². The fourth-order valence-corrected chi connectivity index (χ4v) is 3.66. The number of hydrogen-bond donors (Lipinski definition) is 0. The van der Waals surface area contributed by atoms with Crippen molar-refractivity contribution >= 4 is 0 Å². The summed E-state index contributed by atoms with van der Waals surface area (Å²) in [6, 6.07) is 13.0. The molecule has 0 amide bonds. The van der Waals surface area contributed by atoms with Crippen molar-refractivity contribution in [2.24, 2.45) is 7.05 Å². The molecule has 0 aliphatic carbocycles. The van der Waals surface area contributed by atoms with E-state index in [1.165, 1.54) is 37.0 Å². The fourth-order valence-electron chi connectivity index (χ4n) is 3.66. The first-order valence-electron chi connectivity index (χ1n) is 9.82. The Labute approximate surface area is 185 Å². The van der Waals surface area contributed by atoms with Crippen molar-refractivity contribution in [2.75, 3.05) is 7.11 Å². The number of alkyl halides is 3. The minimum atomic E-state index is -4.58. The highest BCUT2D eigenvalue weighted by atomic mass is 19.4.